The second-order valence-electron chi connectivity index (χ2n) is 4.91. The van der Waals surface area contributed by atoms with Crippen LogP contribution < -0.4 is 0 Å². The molecule has 1 heterocycles. The molecule has 0 bridgehead atoms. The molecule has 1 unspecified atom stereocenters. The molecule has 1 saturated carbocycles. The minimum Gasteiger partial charge on any atom is -0.364 e. The number of carbonyl (C=O) groups excluding carboxylic acids is 1. The van der Waals surface area contributed by atoms with E-state index >= 15 is 0 Å². The van der Waals surface area contributed by atoms with Crippen LogP contribution in [0.15, 0.2) is 27.8 Å². The third-order valence-electron chi connectivity index (χ3n) is 3.39. The topological polar surface area (TPSA) is 60.2 Å². The molecule has 1 aromatic heterocycles. The van der Waals surface area contributed by atoms with Crippen LogP contribution in [0, 0.1) is 3.57 Å². The van der Waals surface area contributed by atoms with Gasteiger partial charge in [0, 0.05) is 21.3 Å². The highest BCUT2D eigenvalue weighted by molar-refractivity contribution is 14.1. The first-order valence-electron chi connectivity index (χ1n) is 6.31. The molecule has 0 spiro atoms. The van der Waals surface area contributed by atoms with Crippen LogP contribution in [0.5, 0.6) is 0 Å². The van der Waals surface area contributed by atoms with Gasteiger partial charge in [-0.3, -0.25) is 9.00 Å². The van der Waals surface area contributed by atoms with Crippen molar-refractivity contribution in [2.24, 2.45) is 0 Å². The first-order valence-corrected chi connectivity index (χ1v) is 9.32. The summed E-state index contributed by atoms with van der Waals surface area (Å²) in [6.07, 6.45) is 4.97. The number of ketones is 1. The lowest BCUT2D eigenvalue weighted by molar-refractivity contribution is 0.103. The quantitative estimate of drug-likeness (QED) is 0.542. The van der Waals surface area contributed by atoms with Gasteiger partial charge in [-0.1, -0.05) is 16.8 Å². The van der Waals surface area contributed by atoms with Crippen LogP contribution >= 0.6 is 34.2 Å². The molecule has 1 aliphatic rings. The molecule has 4 nitrogen and oxygen atoms in total. The van der Waals surface area contributed by atoms with Crippen molar-refractivity contribution in [2.75, 3.05) is 6.26 Å². The van der Waals surface area contributed by atoms with Gasteiger partial charge in [0.05, 0.1) is 32.0 Å². The molecule has 1 aromatic carbocycles. The zero-order chi connectivity index (χ0) is 15.1. The number of rotatable bonds is 4. The van der Waals surface area contributed by atoms with Crippen molar-refractivity contribution < 1.29 is 13.5 Å². The minimum atomic E-state index is -1.31. The Morgan fingerprint density at radius 1 is 1.43 bits per heavy atom. The number of benzene rings is 1. The summed E-state index contributed by atoms with van der Waals surface area (Å²) in [5.74, 6) is 0.0996. The van der Waals surface area contributed by atoms with E-state index in [2.05, 4.69) is 5.16 Å². The van der Waals surface area contributed by atoms with E-state index in [0.29, 0.717) is 36.2 Å². The third-order valence-corrected chi connectivity index (χ3v) is 6.51. The summed E-state index contributed by atoms with van der Waals surface area (Å²) in [5, 5.41) is 4.43. The zero-order valence-corrected chi connectivity index (χ0v) is 14.8. The molecule has 21 heavy (non-hydrogen) atoms. The van der Waals surface area contributed by atoms with Gasteiger partial charge in [0.15, 0.2) is 5.78 Å². The average molecular weight is 436 g/mol. The maximum Gasteiger partial charge on any atom is 0.199 e. The highest BCUT2D eigenvalue weighted by Gasteiger charge is 2.33. The first-order chi connectivity index (χ1) is 10.0. The Labute approximate surface area is 142 Å². The van der Waals surface area contributed by atoms with Crippen molar-refractivity contribution in [1.29, 1.82) is 0 Å². The van der Waals surface area contributed by atoms with Crippen LogP contribution in [0.4, 0.5) is 0 Å². The fraction of sp³-hybridized carbons (Fsp3) is 0.286. The zero-order valence-electron chi connectivity index (χ0n) is 11.1. The van der Waals surface area contributed by atoms with Crippen LogP contribution in [0.25, 0.3) is 0 Å². The molecule has 7 heteroatoms. The highest BCUT2D eigenvalue weighted by Crippen LogP contribution is 2.41. The lowest BCUT2D eigenvalue weighted by Crippen LogP contribution is -2.09. The molecule has 0 saturated heterocycles. The van der Waals surface area contributed by atoms with Crippen molar-refractivity contribution in [3.63, 3.8) is 0 Å². The second-order valence-corrected chi connectivity index (χ2v) is 7.71. The van der Waals surface area contributed by atoms with Gasteiger partial charge in [0.2, 0.25) is 0 Å². The minimum absolute atomic E-state index is 0.210. The Hall–Kier alpha value is -0.730. The predicted molar refractivity (Wildman–Crippen MR) is 88.4 cm³/mol. The summed E-state index contributed by atoms with van der Waals surface area (Å²) in [7, 11) is -1.31. The van der Waals surface area contributed by atoms with E-state index in [4.69, 9.17) is 16.1 Å². The van der Waals surface area contributed by atoms with E-state index in [1.807, 2.05) is 22.6 Å². The van der Waals surface area contributed by atoms with Crippen LogP contribution in [-0.2, 0) is 10.8 Å². The van der Waals surface area contributed by atoms with Crippen LogP contribution in [0.1, 0.15) is 40.4 Å². The van der Waals surface area contributed by atoms with Crippen LogP contribution in [0.2, 0.25) is 5.02 Å². The fourth-order valence-electron chi connectivity index (χ4n) is 2.20. The standard InChI is InChI=1S/C14H11ClINO3S/c1-21(19)14-8(4-5-10(15)11(14)16)13(18)9-6-20-17-12(9)7-2-3-7/h4-7H,2-3H2,1H3. The Bertz CT molecular complexity index is 755. The van der Waals surface area contributed by atoms with Crippen molar-refractivity contribution in [1.82, 2.24) is 5.16 Å². The third kappa shape index (κ3) is 2.80. The maximum absolute atomic E-state index is 12.8. The number of aromatic nitrogens is 1. The van der Waals surface area contributed by atoms with E-state index in [0.717, 1.165) is 12.8 Å². The Balaban J connectivity index is 2.11. The van der Waals surface area contributed by atoms with E-state index in [-0.39, 0.29) is 5.78 Å². The molecule has 2 aromatic rings. The van der Waals surface area contributed by atoms with E-state index in [9.17, 15) is 9.00 Å². The van der Waals surface area contributed by atoms with Gasteiger partial charge in [-0.05, 0) is 47.6 Å². The van der Waals surface area contributed by atoms with Crippen molar-refractivity contribution in [3.8, 4) is 0 Å². The molecule has 0 N–H and O–H groups in total. The van der Waals surface area contributed by atoms with Gasteiger partial charge in [0.1, 0.15) is 6.26 Å². The molecular formula is C14H11ClINO3S. The number of hydrogen-bond donors (Lipinski definition) is 0. The summed E-state index contributed by atoms with van der Waals surface area (Å²) < 4.78 is 17.6. The highest BCUT2D eigenvalue weighted by atomic mass is 127. The fourth-order valence-corrected chi connectivity index (χ4v) is 4.65. The van der Waals surface area contributed by atoms with Gasteiger partial charge in [-0.15, -0.1) is 0 Å². The number of nitrogens with zero attached hydrogens (tertiary/aromatic N) is 1. The van der Waals surface area contributed by atoms with Gasteiger partial charge >= 0.3 is 0 Å². The lowest BCUT2D eigenvalue weighted by Gasteiger charge is -2.09. The molecule has 110 valence electrons. The van der Waals surface area contributed by atoms with Crippen molar-refractivity contribution in [2.45, 2.75) is 23.7 Å². The summed E-state index contributed by atoms with van der Waals surface area (Å²) in [5.41, 5.74) is 1.56. The lowest BCUT2D eigenvalue weighted by atomic mass is 10.0. The van der Waals surface area contributed by atoms with E-state index < -0.39 is 10.8 Å². The average Bonchev–Trinajstić information content (AvgIpc) is 3.17. The molecule has 1 atom stereocenters. The molecule has 3 rings (SSSR count). The summed E-state index contributed by atoms with van der Waals surface area (Å²) in [6, 6.07) is 3.27. The largest absolute Gasteiger partial charge is 0.364 e. The Morgan fingerprint density at radius 2 is 2.14 bits per heavy atom. The smallest absolute Gasteiger partial charge is 0.199 e. The normalized spacial score (nSPS) is 16.0. The second kappa shape index (κ2) is 5.81. The van der Waals surface area contributed by atoms with Gasteiger partial charge < -0.3 is 4.52 Å². The molecule has 0 aliphatic heterocycles. The van der Waals surface area contributed by atoms with Crippen molar-refractivity contribution in [3.05, 3.63) is 43.8 Å². The SMILES string of the molecule is CS(=O)c1c(C(=O)c2conc2C2CC2)ccc(Cl)c1I. The number of hydrogen-bond acceptors (Lipinski definition) is 4. The molecule has 0 radical (unpaired) electrons. The summed E-state index contributed by atoms with van der Waals surface area (Å²) >= 11 is 8.08. The summed E-state index contributed by atoms with van der Waals surface area (Å²) in [6.45, 7) is 0. The van der Waals surface area contributed by atoms with Crippen LogP contribution in [-0.4, -0.2) is 21.4 Å². The summed E-state index contributed by atoms with van der Waals surface area (Å²) in [4.78, 5) is 13.2. The first kappa shape index (κ1) is 15.2. The van der Waals surface area contributed by atoms with Gasteiger partial charge in [-0.25, -0.2) is 0 Å². The number of carbonyl (C=O) groups is 1. The predicted octanol–water partition coefficient (Wildman–Crippen LogP) is 3.78. The van der Waals surface area contributed by atoms with E-state index in [1.165, 1.54) is 6.26 Å². The Morgan fingerprint density at radius 3 is 2.76 bits per heavy atom. The van der Waals surface area contributed by atoms with Crippen molar-refractivity contribution >= 4 is 50.8 Å². The Kier molecular flexibility index (Phi) is 4.20. The van der Waals surface area contributed by atoms with Crippen LogP contribution in [0.3, 0.4) is 0 Å². The van der Waals surface area contributed by atoms with Gasteiger partial charge in [-0.2, -0.15) is 0 Å². The molecular weight excluding hydrogens is 425 g/mol. The van der Waals surface area contributed by atoms with Gasteiger partial charge in [0.25, 0.3) is 0 Å². The monoisotopic (exact) mass is 435 g/mol. The molecule has 1 aliphatic carbocycles. The molecule has 1 fully saturated rings. The number of halogens is 2. The van der Waals surface area contributed by atoms with E-state index in [1.54, 1.807) is 18.4 Å². The maximum atomic E-state index is 12.8. The molecule has 0 amide bonds.